The van der Waals surface area contributed by atoms with Gasteiger partial charge in [-0.2, -0.15) is 0 Å². The summed E-state index contributed by atoms with van der Waals surface area (Å²) in [6, 6.07) is 5.72. The first kappa shape index (κ1) is 10.3. The van der Waals surface area contributed by atoms with Gasteiger partial charge in [-0.05, 0) is 12.1 Å². The third kappa shape index (κ3) is 17.6. The van der Waals surface area contributed by atoms with Crippen molar-refractivity contribution in [2.45, 2.75) is 5.51 Å². The average molecular weight is 182 g/mol. The van der Waals surface area contributed by atoms with Crippen molar-refractivity contribution >= 4 is 12.6 Å². The molecule has 1 rings (SSSR count). The van der Waals surface area contributed by atoms with E-state index in [-0.39, 0.29) is 0 Å². The van der Waals surface area contributed by atoms with Crippen molar-refractivity contribution in [2.24, 2.45) is 0 Å². The van der Waals surface area contributed by atoms with Crippen LogP contribution in [0.2, 0.25) is 0 Å². The van der Waals surface area contributed by atoms with Crippen molar-refractivity contribution < 1.29 is 13.2 Å². The van der Waals surface area contributed by atoms with Crippen LogP contribution in [0.5, 0.6) is 0 Å². The number of halogens is 3. The Bertz CT molecular complexity index is 142. The summed E-state index contributed by atoms with van der Waals surface area (Å²) in [5.74, 6) is 0. The lowest BCUT2D eigenvalue weighted by Gasteiger charge is -1.78. The molecular weight excluding hydrogens is 175 g/mol. The van der Waals surface area contributed by atoms with Crippen LogP contribution in [-0.4, -0.2) is 10.5 Å². The molecule has 0 saturated heterocycles. The highest BCUT2D eigenvalue weighted by Crippen LogP contribution is 2.08. The molecule has 0 bridgehead atoms. The van der Waals surface area contributed by atoms with E-state index in [4.69, 9.17) is 0 Å². The van der Waals surface area contributed by atoms with E-state index >= 15 is 0 Å². The first-order valence-electron chi connectivity index (χ1n) is 2.67. The predicted molar refractivity (Wildman–Crippen MR) is 40.4 cm³/mol. The molecule has 5 heteroatoms. The van der Waals surface area contributed by atoms with Gasteiger partial charge in [0.05, 0.1) is 12.6 Å². The molecule has 1 heterocycles. The topological polar surface area (TPSA) is 12.9 Å². The maximum Gasteiger partial charge on any atom is 0.570 e. The summed E-state index contributed by atoms with van der Waals surface area (Å²) < 4.78 is 30.8. The zero-order valence-corrected chi connectivity index (χ0v) is 6.47. The number of aromatic nitrogens is 1. The van der Waals surface area contributed by atoms with E-state index in [2.05, 4.69) is 4.98 Å². The van der Waals surface area contributed by atoms with E-state index in [1.807, 2.05) is 18.2 Å². The van der Waals surface area contributed by atoms with Gasteiger partial charge in [-0.1, -0.05) is 6.07 Å². The summed E-state index contributed by atoms with van der Waals surface area (Å²) in [5, 5.41) is 0. The Kier molecular flexibility index (Phi) is 4.69. The Morgan fingerprint density at radius 3 is 1.45 bits per heavy atom. The summed E-state index contributed by atoms with van der Waals surface area (Å²) in [6.45, 7) is 0. The van der Waals surface area contributed by atoms with Crippen LogP contribution in [0.4, 0.5) is 13.2 Å². The lowest BCUT2D eigenvalue weighted by Crippen LogP contribution is -1.97. The minimum Gasteiger partial charge on any atom is -0.265 e. The number of nitrogens with zero attached hydrogens (tertiary/aromatic N) is 1. The van der Waals surface area contributed by atoms with E-state index < -0.39 is 5.51 Å². The molecule has 0 saturated carbocycles. The van der Waals surface area contributed by atoms with Gasteiger partial charge in [-0.25, -0.2) is 0 Å². The van der Waals surface area contributed by atoms with Crippen molar-refractivity contribution in [3.63, 3.8) is 0 Å². The maximum absolute atomic E-state index is 10.3. The van der Waals surface area contributed by atoms with Crippen LogP contribution in [0.1, 0.15) is 0 Å². The molecule has 0 spiro atoms. The molecule has 1 aromatic heterocycles. The van der Waals surface area contributed by atoms with Crippen molar-refractivity contribution in [1.29, 1.82) is 0 Å². The third-order valence-electron chi connectivity index (χ3n) is 0.566. The van der Waals surface area contributed by atoms with Crippen LogP contribution in [-0.2, 0) is 12.6 Å². The van der Waals surface area contributed by atoms with Gasteiger partial charge in [-0.15, -0.1) is 13.2 Å². The first-order chi connectivity index (χ1) is 5.00. The number of hydrogen-bond donors (Lipinski definition) is 0. The second kappa shape index (κ2) is 5.01. The minimum atomic E-state index is -4.19. The summed E-state index contributed by atoms with van der Waals surface area (Å²) in [6.07, 6.45) is 3.50. The van der Waals surface area contributed by atoms with Crippen LogP contribution in [0, 0.1) is 0 Å². The van der Waals surface area contributed by atoms with Gasteiger partial charge in [0.2, 0.25) is 0 Å². The standard InChI is InChI=1S/C5H5N.CHF3S/c1-2-4-6-5-3-1;2-1(3,4)5/h1-5H;5H/p+1. The van der Waals surface area contributed by atoms with Gasteiger partial charge in [0.25, 0.3) is 0 Å². The zero-order valence-electron chi connectivity index (χ0n) is 5.47. The third-order valence-corrected chi connectivity index (χ3v) is 0.566. The number of hydrogen-bond acceptors (Lipinski definition) is 1. The molecule has 1 aromatic rings. The quantitative estimate of drug-likeness (QED) is 0.555. The SMILES string of the molecule is FC(F)(F)[SH2+].c1ccncc1. The zero-order chi connectivity index (χ0) is 8.74. The highest BCUT2D eigenvalue weighted by Gasteiger charge is 2.28. The molecule has 0 aliphatic rings. The Balaban J connectivity index is 0.000000187. The largest absolute Gasteiger partial charge is 0.570 e. The van der Waals surface area contributed by atoms with Gasteiger partial charge >= 0.3 is 5.51 Å². The van der Waals surface area contributed by atoms with Gasteiger partial charge in [0, 0.05) is 12.4 Å². The highest BCUT2D eigenvalue weighted by molar-refractivity contribution is 7.59. The molecule has 11 heavy (non-hydrogen) atoms. The fraction of sp³-hybridized carbons (Fsp3) is 0.167. The van der Waals surface area contributed by atoms with Crippen LogP contribution in [0.25, 0.3) is 0 Å². The van der Waals surface area contributed by atoms with Crippen molar-refractivity contribution in [3.05, 3.63) is 30.6 Å². The second-order valence-corrected chi connectivity index (χ2v) is 2.09. The fourth-order valence-electron chi connectivity index (χ4n) is 0.313. The van der Waals surface area contributed by atoms with E-state index in [9.17, 15) is 13.2 Å². The first-order valence-corrected chi connectivity index (χ1v) is 3.17. The summed E-state index contributed by atoms with van der Waals surface area (Å²) >= 11 is 1.42. The molecule has 0 unspecified atom stereocenters. The Labute approximate surface area is 67.7 Å². The minimum absolute atomic E-state index is 1.42. The van der Waals surface area contributed by atoms with Crippen LogP contribution in [0.3, 0.4) is 0 Å². The van der Waals surface area contributed by atoms with Crippen LogP contribution < -0.4 is 0 Å². The van der Waals surface area contributed by atoms with Gasteiger partial charge < -0.3 is 0 Å². The molecule has 0 aromatic carbocycles. The average Bonchev–Trinajstić information content (AvgIpc) is 1.88. The Hall–Kier alpha value is -0.710. The summed E-state index contributed by atoms with van der Waals surface area (Å²) in [5.41, 5.74) is -4.19. The number of rotatable bonds is 0. The number of pyridine rings is 1. The molecule has 0 amide bonds. The lowest BCUT2D eigenvalue weighted by atomic mass is 10.5. The molecule has 0 fully saturated rings. The molecule has 0 aliphatic heterocycles. The molecule has 0 radical (unpaired) electrons. The Morgan fingerprint density at radius 2 is 1.36 bits per heavy atom. The molecule has 1 nitrogen and oxygen atoms in total. The molecule has 0 atom stereocenters. The molecular formula is C6H7F3NS+. The normalized spacial score (nSPS) is 9.82. The summed E-state index contributed by atoms with van der Waals surface area (Å²) in [4.78, 5) is 3.78. The van der Waals surface area contributed by atoms with E-state index in [1.54, 1.807) is 12.4 Å². The van der Waals surface area contributed by atoms with E-state index in [0.717, 1.165) is 0 Å². The smallest absolute Gasteiger partial charge is 0.265 e. The van der Waals surface area contributed by atoms with Crippen LogP contribution in [0.15, 0.2) is 30.6 Å². The van der Waals surface area contributed by atoms with E-state index in [0.29, 0.717) is 0 Å². The van der Waals surface area contributed by atoms with Gasteiger partial charge in [0.1, 0.15) is 0 Å². The van der Waals surface area contributed by atoms with Crippen molar-refractivity contribution in [3.8, 4) is 0 Å². The fourth-order valence-corrected chi connectivity index (χ4v) is 0.313. The molecule has 0 N–H and O–H groups in total. The number of alkyl halides is 3. The molecule has 0 aliphatic carbocycles. The van der Waals surface area contributed by atoms with E-state index in [1.165, 1.54) is 12.6 Å². The van der Waals surface area contributed by atoms with Gasteiger partial charge in [-0.3, -0.25) is 4.98 Å². The van der Waals surface area contributed by atoms with Crippen molar-refractivity contribution in [2.75, 3.05) is 0 Å². The maximum atomic E-state index is 10.3. The molecule has 62 valence electrons. The monoisotopic (exact) mass is 182 g/mol. The predicted octanol–water partition coefficient (Wildman–Crippen LogP) is 1.60. The summed E-state index contributed by atoms with van der Waals surface area (Å²) in [7, 11) is 0. The second-order valence-electron chi connectivity index (χ2n) is 1.52. The highest BCUT2D eigenvalue weighted by atomic mass is 32.1. The Morgan fingerprint density at radius 1 is 1.00 bits per heavy atom. The van der Waals surface area contributed by atoms with Gasteiger partial charge in [0.15, 0.2) is 0 Å². The van der Waals surface area contributed by atoms with Crippen molar-refractivity contribution in [1.82, 2.24) is 4.98 Å². The van der Waals surface area contributed by atoms with Crippen LogP contribution >= 0.6 is 0 Å². The lowest BCUT2D eigenvalue weighted by molar-refractivity contribution is -0.0315.